The molecule has 6 heteroatoms. The summed E-state index contributed by atoms with van der Waals surface area (Å²) >= 11 is 0. The van der Waals surface area contributed by atoms with E-state index in [1.54, 1.807) is 18.3 Å². The molecule has 1 aromatic rings. The predicted octanol–water partition coefficient (Wildman–Crippen LogP) is -0.227. The highest BCUT2D eigenvalue weighted by molar-refractivity contribution is 5.91. The average molecular weight is 224 g/mol. The fourth-order valence-corrected chi connectivity index (χ4v) is 1.08. The Morgan fingerprint density at radius 2 is 2.31 bits per heavy atom. The van der Waals surface area contributed by atoms with Gasteiger partial charge < -0.3 is 21.5 Å². The number of aromatic nitrogens is 1. The molecule has 0 saturated carbocycles. The number of anilines is 2. The zero-order chi connectivity index (χ0) is 11.8. The number of pyridine rings is 1. The first kappa shape index (κ1) is 12.4. The maximum Gasteiger partial charge on any atom is 0.238 e. The van der Waals surface area contributed by atoms with Crippen molar-refractivity contribution in [3.63, 3.8) is 0 Å². The number of rotatable bonds is 6. The van der Waals surface area contributed by atoms with E-state index in [-0.39, 0.29) is 19.1 Å². The van der Waals surface area contributed by atoms with Gasteiger partial charge in [-0.3, -0.25) is 4.79 Å². The van der Waals surface area contributed by atoms with E-state index in [1.165, 1.54) is 0 Å². The van der Waals surface area contributed by atoms with Crippen molar-refractivity contribution < 1.29 is 9.90 Å². The molecule has 0 atom stereocenters. The van der Waals surface area contributed by atoms with E-state index in [9.17, 15) is 4.79 Å². The molecule has 88 valence electrons. The van der Waals surface area contributed by atoms with E-state index in [2.05, 4.69) is 15.6 Å². The van der Waals surface area contributed by atoms with Gasteiger partial charge in [0.25, 0.3) is 0 Å². The molecule has 1 amide bonds. The molecule has 0 bridgehead atoms. The number of nitrogens with one attached hydrogen (secondary N) is 2. The van der Waals surface area contributed by atoms with E-state index < -0.39 is 0 Å². The van der Waals surface area contributed by atoms with Gasteiger partial charge in [0.2, 0.25) is 5.91 Å². The third-order valence-electron chi connectivity index (χ3n) is 1.87. The molecule has 0 fully saturated rings. The lowest BCUT2D eigenvalue weighted by Gasteiger charge is -2.06. The minimum Gasteiger partial charge on any atom is -0.396 e. The molecule has 0 aliphatic carbocycles. The van der Waals surface area contributed by atoms with E-state index in [1.807, 2.05) is 0 Å². The number of amides is 1. The number of carbonyl (C=O) groups is 1. The average Bonchev–Trinajstić information content (AvgIpc) is 2.31. The van der Waals surface area contributed by atoms with Crippen LogP contribution in [0.2, 0.25) is 0 Å². The Morgan fingerprint density at radius 1 is 1.50 bits per heavy atom. The van der Waals surface area contributed by atoms with Crippen LogP contribution in [0.1, 0.15) is 6.42 Å². The highest BCUT2D eigenvalue weighted by atomic mass is 16.3. The van der Waals surface area contributed by atoms with Gasteiger partial charge in [-0.2, -0.15) is 0 Å². The molecular formula is C10H16N4O2. The summed E-state index contributed by atoms with van der Waals surface area (Å²) in [5.74, 6) is 0.460. The van der Waals surface area contributed by atoms with Gasteiger partial charge in [-0.1, -0.05) is 0 Å². The highest BCUT2D eigenvalue weighted by Gasteiger charge is 1.99. The second-order valence-corrected chi connectivity index (χ2v) is 3.19. The molecule has 0 aromatic carbocycles. The van der Waals surface area contributed by atoms with Gasteiger partial charge in [-0.05, 0) is 18.6 Å². The van der Waals surface area contributed by atoms with Gasteiger partial charge in [0.1, 0.15) is 5.82 Å². The summed E-state index contributed by atoms with van der Waals surface area (Å²) in [5.41, 5.74) is 5.78. The summed E-state index contributed by atoms with van der Waals surface area (Å²) in [7, 11) is 0. The highest BCUT2D eigenvalue weighted by Crippen LogP contribution is 2.09. The third kappa shape index (κ3) is 4.24. The lowest BCUT2D eigenvalue weighted by Crippen LogP contribution is -2.21. The minimum atomic E-state index is -0.247. The molecule has 0 radical (unpaired) electrons. The smallest absolute Gasteiger partial charge is 0.238 e. The summed E-state index contributed by atoms with van der Waals surface area (Å²) in [6.45, 7) is 0.770. The van der Waals surface area contributed by atoms with Crippen molar-refractivity contribution in [2.75, 3.05) is 30.3 Å². The molecule has 1 heterocycles. The Labute approximate surface area is 93.9 Å². The van der Waals surface area contributed by atoms with E-state index in [4.69, 9.17) is 10.8 Å². The molecule has 5 N–H and O–H groups in total. The molecule has 1 rings (SSSR count). The monoisotopic (exact) mass is 224 g/mol. The molecule has 1 aromatic heterocycles. The molecule has 0 aliphatic heterocycles. The first-order chi connectivity index (χ1) is 7.76. The molecule has 0 saturated heterocycles. The minimum absolute atomic E-state index is 0.0451. The Bertz CT molecular complexity index is 326. The standard InChI is InChI=1S/C10H16N4O2/c11-6-10(16)14-8-2-3-9(13-7-8)12-4-1-5-15/h2-3,7,15H,1,4-6,11H2,(H,12,13)(H,14,16). The number of nitrogens with zero attached hydrogens (tertiary/aromatic N) is 1. The number of hydrogen-bond donors (Lipinski definition) is 4. The van der Waals surface area contributed by atoms with Crippen molar-refractivity contribution >= 4 is 17.4 Å². The van der Waals surface area contributed by atoms with Crippen molar-refractivity contribution in [2.45, 2.75) is 6.42 Å². The first-order valence-electron chi connectivity index (χ1n) is 5.07. The lowest BCUT2D eigenvalue weighted by atomic mass is 10.3. The maximum absolute atomic E-state index is 11.0. The van der Waals surface area contributed by atoms with E-state index in [0.717, 1.165) is 0 Å². The quantitative estimate of drug-likeness (QED) is 0.500. The second kappa shape index (κ2) is 6.76. The van der Waals surface area contributed by atoms with Gasteiger partial charge >= 0.3 is 0 Å². The Kier molecular flexibility index (Phi) is 5.24. The zero-order valence-electron chi connectivity index (χ0n) is 8.94. The maximum atomic E-state index is 11.0. The van der Waals surface area contributed by atoms with Crippen LogP contribution in [0.25, 0.3) is 0 Å². The topological polar surface area (TPSA) is 100 Å². The Balaban J connectivity index is 2.44. The van der Waals surface area contributed by atoms with Gasteiger partial charge in [0, 0.05) is 13.2 Å². The van der Waals surface area contributed by atoms with Crippen LogP contribution in [0, 0.1) is 0 Å². The summed E-state index contributed by atoms with van der Waals surface area (Å²) in [6.07, 6.45) is 2.22. The number of hydrogen-bond acceptors (Lipinski definition) is 5. The van der Waals surface area contributed by atoms with Gasteiger partial charge in [0.05, 0.1) is 18.4 Å². The molecular weight excluding hydrogens is 208 g/mol. The van der Waals surface area contributed by atoms with Crippen molar-refractivity contribution in [1.82, 2.24) is 4.98 Å². The molecule has 0 aliphatic rings. The van der Waals surface area contributed by atoms with Crippen LogP contribution in [0.5, 0.6) is 0 Å². The van der Waals surface area contributed by atoms with Crippen LogP contribution in [0.4, 0.5) is 11.5 Å². The number of aliphatic hydroxyl groups excluding tert-OH is 1. The van der Waals surface area contributed by atoms with E-state index in [0.29, 0.717) is 24.5 Å². The van der Waals surface area contributed by atoms with Crippen LogP contribution in [0.15, 0.2) is 18.3 Å². The van der Waals surface area contributed by atoms with Gasteiger partial charge in [-0.15, -0.1) is 0 Å². The first-order valence-corrected chi connectivity index (χ1v) is 5.07. The fraction of sp³-hybridized carbons (Fsp3) is 0.400. The summed E-state index contributed by atoms with van der Waals surface area (Å²) in [4.78, 5) is 15.1. The van der Waals surface area contributed by atoms with Gasteiger partial charge in [-0.25, -0.2) is 4.98 Å². The van der Waals surface area contributed by atoms with Crippen molar-refractivity contribution in [3.05, 3.63) is 18.3 Å². The third-order valence-corrected chi connectivity index (χ3v) is 1.87. The predicted molar refractivity (Wildman–Crippen MR) is 62.1 cm³/mol. The van der Waals surface area contributed by atoms with Crippen LogP contribution >= 0.6 is 0 Å². The SMILES string of the molecule is NCC(=O)Nc1ccc(NCCCO)nc1. The van der Waals surface area contributed by atoms with Crippen molar-refractivity contribution in [3.8, 4) is 0 Å². The summed E-state index contributed by atoms with van der Waals surface area (Å²) in [5, 5.41) is 14.2. The molecule has 16 heavy (non-hydrogen) atoms. The van der Waals surface area contributed by atoms with E-state index >= 15 is 0 Å². The number of nitrogens with two attached hydrogens (primary N) is 1. The molecule has 0 unspecified atom stereocenters. The molecule has 0 spiro atoms. The fourth-order valence-electron chi connectivity index (χ4n) is 1.08. The van der Waals surface area contributed by atoms with Crippen LogP contribution < -0.4 is 16.4 Å². The normalized spacial score (nSPS) is 9.88. The van der Waals surface area contributed by atoms with Gasteiger partial charge in [0.15, 0.2) is 0 Å². The lowest BCUT2D eigenvalue weighted by molar-refractivity contribution is -0.114. The van der Waals surface area contributed by atoms with Crippen LogP contribution in [-0.2, 0) is 4.79 Å². The Hall–Kier alpha value is -1.66. The number of aliphatic hydroxyl groups is 1. The summed E-state index contributed by atoms with van der Waals surface area (Å²) in [6, 6.07) is 3.49. The second-order valence-electron chi connectivity index (χ2n) is 3.19. The van der Waals surface area contributed by atoms with Crippen LogP contribution in [-0.4, -0.2) is 35.7 Å². The van der Waals surface area contributed by atoms with Crippen molar-refractivity contribution in [2.24, 2.45) is 5.73 Å². The molecule has 6 nitrogen and oxygen atoms in total. The largest absolute Gasteiger partial charge is 0.396 e. The summed E-state index contributed by atoms with van der Waals surface area (Å²) < 4.78 is 0. The number of carbonyl (C=O) groups excluding carboxylic acids is 1. The van der Waals surface area contributed by atoms with Crippen molar-refractivity contribution in [1.29, 1.82) is 0 Å². The van der Waals surface area contributed by atoms with Crippen LogP contribution in [0.3, 0.4) is 0 Å². The zero-order valence-corrected chi connectivity index (χ0v) is 8.94. The Morgan fingerprint density at radius 3 is 2.88 bits per heavy atom.